The molecule has 1 aromatic carbocycles. The van der Waals surface area contributed by atoms with Crippen LogP contribution in [0.3, 0.4) is 0 Å². The smallest absolute Gasteiger partial charge is 0.0647 e. The second kappa shape index (κ2) is 6.35. The summed E-state index contributed by atoms with van der Waals surface area (Å²) in [7, 11) is 0. The summed E-state index contributed by atoms with van der Waals surface area (Å²) < 4.78 is 1.13. The minimum atomic E-state index is -0.544. The van der Waals surface area contributed by atoms with E-state index < -0.39 is 5.54 Å². The summed E-state index contributed by atoms with van der Waals surface area (Å²) in [6, 6.07) is 6.76. The molecular weight excluding hydrogens is 306 g/mol. The van der Waals surface area contributed by atoms with Crippen LogP contribution in [0.25, 0.3) is 0 Å². The molecule has 0 bridgehead atoms. The third-order valence-electron chi connectivity index (χ3n) is 4.19. The van der Waals surface area contributed by atoms with Crippen LogP contribution in [0, 0.1) is 0 Å². The first-order chi connectivity index (χ1) is 9.12. The molecule has 0 amide bonds. The summed E-state index contributed by atoms with van der Waals surface area (Å²) in [6.45, 7) is 1.95. The Balaban J connectivity index is 2.07. The maximum absolute atomic E-state index is 9.51. The van der Waals surface area contributed by atoms with Crippen molar-refractivity contribution in [3.63, 3.8) is 0 Å². The number of nitrogens with one attached hydrogen (secondary N) is 1. The minimum Gasteiger partial charge on any atom is -0.394 e. The van der Waals surface area contributed by atoms with Crippen molar-refractivity contribution in [1.29, 1.82) is 0 Å². The van der Waals surface area contributed by atoms with Crippen LogP contribution >= 0.6 is 15.9 Å². The van der Waals surface area contributed by atoms with Crippen LogP contribution in [0.5, 0.6) is 0 Å². The van der Waals surface area contributed by atoms with Crippen LogP contribution in [0.2, 0.25) is 0 Å². The molecule has 0 heterocycles. The van der Waals surface area contributed by atoms with Crippen molar-refractivity contribution >= 4 is 15.9 Å². The molecule has 3 N–H and O–H groups in total. The van der Waals surface area contributed by atoms with E-state index in [-0.39, 0.29) is 13.2 Å². The van der Waals surface area contributed by atoms with Crippen LogP contribution in [0.1, 0.15) is 30.9 Å². The first-order valence-electron chi connectivity index (χ1n) is 6.89. The third kappa shape index (κ3) is 3.37. The molecule has 0 spiro atoms. The Labute approximate surface area is 123 Å². The number of hydrogen-bond donors (Lipinski definition) is 3. The number of aryl methyl sites for hydroxylation is 1. The molecule has 1 unspecified atom stereocenters. The summed E-state index contributed by atoms with van der Waals surface area (Å²) >= 11 is 3.51. The minimum absolute atomic E-state index is 0.0241. The predicted octanol–water partition coefficient (Wildman–Crippen LogP) is 2.03. The van der Waals surface area contributed by atoms with E-state index in [2.05, 4.69) is 39.4 Å². The highest BCUT2D eigenvalue weighted by atomic mass is 79.9. The van der Waals surface area contributed by atoms with E-state index in [0.717, 1.165) is 30.2 Å². The Morgan fingerprint density at radius 3 is 2.68 bits per heavy atom. The van der Waals surface area contributed by atoms with Crippen molar-refractivity contribution < 1.29 is 10.2 Å². The number of hydrogen-bond acceptors (Lipinski definition) is 3. The molecule has 1 aliphatic rings. The molecule has 0 fully saturated rings. The lowest BCUT2D eigenvalue weighted by atomic mass is 9.86. The molecule has 3 nitrogen and oxygen atoms in total. The van der Waals surface area contributed by atoms with Crippen LogP contribution in [-0.2, 0) is 12.8 Å². The number of rotatable bonds is 5. The lowest BCUT2D eigenvalue weighted by Gasteiger charge is -2.36. The number of fused-ring (bicyclic) bond motifs is 1. The first-order valence-corrected chi connectivity index (χ1v) is 7.68. The van der Waals surface area contributed by atoms with Gasteiger partial charge in [-0.3, -0.25) is 0 Å². The zero-order valence-electron chi connectivity index (χ0n) is 11.3. The molecule has 0 saturated carbocycles. The monoisotopic (exact) mass is 327 g/mol. The molecule has 1 aliphatic carbocycles. The fourth-order valence-corrected chi connectivity index (χ4v) is 3.16. The van der Waals surface area contributed by atoms with Gasteiger partial charge in [0.25, 0.3) is 0 Å². The summed E-state index contributed by atoms with van der Waals surface area (Å²) in [5, 5.41) is 22.5. The van der Waals surface area contributed by atoms with Crippen molar-refractivity contribution in [1.82, 2.24) is 5.32 Å². The topological polar surface area (TPSA) is 52.5 Å². The lowest BCUT2D eigenvalue weighted by Crippen LogP contribution is -2.56. The molecule has 4 heteroatoms. The summed E-state index contributed by atoms with van der Waals surface area (Å²) in [5.74, 6) is 0. The number of benzene rings is 1. The van der Waals surface area contributed by atoms with E-state index in [0.29, 0.717) is 6.04 Å². The summed E-state index contributed by atoms with van der Waals surface area (Å²) in [6.07, 6.45) is 3.78. The van der Waals surface area contributed by atoms with E-state index in [1.807, 2.05) is 6.92 Å². The van der Waals surface area contributed by atoms with Gasteiger partial charge in [-0.25, -0.2) is 0 Å². The highest BCUT2D eigenvalue weighted by molar-refractivity contribution is 9.10. The van der Waals surface area contributed by atoms with Gasteiger partial charge >= 0.3 is 0 Å². The molecule has 0 saturated heterocycles. The van der Waals surface area contributed by atoms with Gasteiger partial charge < -0.3 is 15.5 Å². The van der Waals surface area contributed by atoms with E-state index >= 15 is 0 Å². The maximum Gasteiger partial charge on any atom is 0.0647 e. The predicted molar refractivity (Wildman–Crippen MR) is 80.3 cm³/mol. The quantitative estimate of drug-likeness (QED) is 0.775. The normalized spacial score (nSPS) is 19.3. The average molecular weight is 328 g/mol. The number of aliphatic hydroxyl groups is 2. The molecule has 0 radical (unpaired) electrons. The van der Waals surface area contributed by atoms with Gasteiger partial charge in [-0.15, -0.1) is 0 Å². The van der Waals surface area contributed by atoms with Crippen LogP contribution in [0.4, 0.5) is 0 Å². The SMILES string of the molecule is CCC(CO)(CO)NC1CCc2cc(Br)ccc2C1. The standard InChI is InChI=1S/C15H22BrNO2/c1-2-15(9-18,10-19)17-14-6-4-11-7-13(16)5-3-12(11)8-14/h3,5,7,14,17-19H,2,4,6,8-10H2,1H3. The molecule has 19 heavy (non-hydrogen) atoms. The van der Waals surface area contributed by atoms with Crippen molar-refractivity contribution in [2.75, 3.05) is 13.2 Å². The summed E-state index contributed by atoms with van der Waals surface area (Å²) in [4.78, 5) is 0. The Kier molecular flexibility index (Phi) is 5.01. The Bertz CT molecular complexity index is 424. The van der Waals surface area contributed by atoms with Gasteiger partial charge in [-0.1, -0.05) is 28.9 Å². The van der Waals surface area contributed by atoms with Gasteiger partial charge in [0.15, 0.2) is 0 Å². The van der Waals surface area contributed by atoms with Crippen LogP contribution in [0.15, 0.2) is 22.7 Å². The lowest BCUT2D eigenvalue weighted by molar-refractivity contribution is 0.0756. The van der Waals surface area contributed by atoms with Gasteiger partial charge in [0.05, 0.1) is 18.8 Å². The Hall–Kier alpha value is -0.420. The second-order valence-corrected chi connectivity index (χ2v) is 6.36. The molecule has 1 aromatic rings. The Morgan fingerprint density at radius 1 is 1.32 bits per heavy atom. The third-order valence-corrected chi connectivity index (χ3v) is 4.68. The van der Waals surface area contributed by atoms with E-state index in [4.69, 9.17) is 0 Å². The van der Waals surface area contributed by atoms with Gasteiger partial charge in [-0.2, -0.15) is 0 Å². The molecule has 2 rings (SSSR count). The molecule has 0 aromatic heterocycles. The molecule has 106 valence electrons. The van der Waals surface area contributed by atoms with Crippen molar-refractivity contribution in [3.8, 4) is 0 Å². The first kappa shape index (κ1) is 15.0. The van der Waals surface area contributed by atoms with Gasteiger partial charge in [0.1, 0.15) is 0 Å². The molecular formula is C15H22BrNO2. The highest BCUT2D eigenvalue weighted by Gasteiger charge is 2.30. The number of halogens is 1. The number of aliphatic hydroxyl groups excluding tert-OH is 2. The zero-order valence-corrected chi connectivity index (χ0v) is 12.9. The molecule has 1 atom stereocenters. The van der Waals surface area contributed by atoms with Gasteiger partial charge in [0, 0.05) is 10.5 Å². The Morgan fingerprint density at radius 2 is 2.05 bits per heavy atom. The highest BCUT2D eigenvalue weighted by Crippen LogP contribution is 2.26. The van der Waals surface area contributed by atoms with Crippen LogP contribution < -0.4 is 5.32 Å². The zero-order chi connectivity index (χ0) is 13.9. The van der Waals surface area contributed by atoms with E-state index in [9.17, 15) is 10.2 Å². The van der Waals surface area contributed by atoms with Gasteiger partial charge in [0.2, 0.25) is 0 Å². The van der Waals surface area contributed by atoms with Crippen molar-refractivity contribution in [2.24, 2.45) is 0 Å². The van der Waals surface area contributed by atoms with Crippen molar-refractivity contribution in [3.05, 3.63) is 33.8 Å². The van der Waals surface area contributed by atoms with E-state index in [1.54, 1.807) is 0 Å². The van der Waals surface area contributed by atoms with Crippen molar-refractivity contribution in [2.45, 2.75) is 44.2 Å². The molecule has 0 aliphatic heterocycles. The average Bonchev–Trinajstić information content (AvgIpc) is 2.45. The maximum atomic E-state index is 9.51. The summed E-state index contributed by atoms with van der Waals surface area (Å²) in [5.41, 5.74) is 2.23. The fourth-order valence-electron chi connectivity index (χ4n) is 2.75. The second-order valence-electron chi connectivity index (χ2n) is 5.45. The largest absolute Gasteiger partial charge is 0.394 e. The fraction of sp³-hybridized carbons (Fsp3) is 0.600. The van der Waals surface area contributed by atoms with E-state index in [1.165, 1.54) is 11.1 Å². The van der Waals surface area contributed by atoms with Crippen LogP contribution in [-0.4, -0.2) is 35.0 Å². The van der Waals surface area contributed by atoms with Gasteiger partial charge in [-0.05, 0) is 48.9 Å².